The number of carbonyl (C=O) groups excluding carboxylic acids is 3. The van der Waals surface area contributed by atoms with E-state index >= 15 is 0 Å². The Labute approximate surface area is 155 Å². The summed E-state index contributed by atoms with van der Waals surface area (Å²) < 4.78 is 28.8. The van der Waals surface area contributed by atoms with Gasteiger partial charge in [-0.25, -0.2) is 14.4 Å². The number of benzene rings is 1. The highest BCUT2D eigenvalue weighted by Gasteiger charge is 2.18. The van der Waals surface area contributed by atoms with Gasteiger partial charge in [0.1, 0.15) is 25.6 Å². The van der Waals surface area contributed by atoms with Gasteiger partial charge in [0.25, 0.3) is 0 Å². The molecule has 0 amide bonds. The van der Waals surface area contributed by atoms with Crippen LogP contribution in [0, 0.1) is 0 Å². The Bertz CT molecular complexity index is 709. The van der Waals surface area contributed by atoms with E-state index in [-0.39, 0.29) is 37.1 Å². The normalized spacial score (nSPS) is 9.33. The lowest BCUT2D eigenvalue weighted by Crippen LogP contribution is -2.15. The molecule has 9 heteroatoms. The third-order valence-corrected chi connectivity index (χ3v) is 2.46. The van der Waals surface area contributed by atoms with Gasteiger partial charge in [0.15, 0.2) is 11.5 Å². The third kappa shape index (κ3) is 8.25. The Morgan fingerprint density at radius 3 is 1.63 bits per heavy atom. The molecular weight excluding hydrogens is 360 g/mol. The quantitative estimate of drug-likeness (QED) is 0.274. The summed E-state index contributed by atoms with van der Waals surface area (Å²) in [6.45, 7) is 9.95. The molecule has 0 aromatic heterocycles. The summed E-state index contributed by atoms with van der Waals surface area (Å²) in [6, 6.07) is 3.63. The Morgan fingerprint density at radius 2 is 1.15 bits per heavy atom. The lowest BCUT2D eigenvalue weighted by Gasteiger charge is -2.12. The summed E-state index contributed by atoms with van der Waals surface area (Å²) in [5.74, 6) is -0.470. The van der Waals surface area contributed by atoms with Gasteiger partial charge in [-0.3, -0.25) is 0 Å². The summed E-state index contributed by atoms with van der Waals surface area (Å²) in [5.41, 5.74) is 0. The zero-order chi connectivity index (χ0) is 20.1. The maximum Gasteiger partial charge on any atom is 0.514 e. The van der Waals surface area contributed by atoms with Crippen LogP contribution < -0.4 is 14.2 Å². The molecule has 0 fully saturated rings. The average Bonchev–Trinajstić information content (AvgIpc) is 2.65. The van der Waals surface area contributed by atoms with Crippen LogP contribution in [0.5, 0.6) is 17.2 Å². The monoisotopic (exact) mass is 378 g/mol. The molecule has 1 rings (SSSR count). The number of ether oxygens (including phenoxy) is 6. The molecule has 0 saturated carbocycles. The highest BCUT2D eigenvalue weighted by molar-refractivity contribution is 5.70. The molecule has 1 aromatic rings. The second-order valence-electron chi connectivity index (χ2n) is 4.46. The van der Waals surface area contributed by atoms with E-state index in [4.69, 9.17) is 14.2 Å². The SMILES string of the molecule is C=CCOC(=O)Oc1ccc(OC(=O)OCC=C)c(OC(=O)OCC=C)c1. The maximum atomic E-state index is 11.6. The first kappa shape index (κ1) is 21.3. The molecule has 0 radical (unpaired) electrons. The minimum Gasteiger partial charge on any atom is -0.430 e. The van der Waals surface area contributed by atoms with Crippen molar-refractivity contribution in [3.63, 3.8) is 0 Å². The van der Waals surface area contributed by atoms with Crippen molar-refractivity contribution in [1.29, 1.82) is 0 Å². The van der Waals surface area contributed by atoms with Crippen molar-refractivity contribution in [2.24, 2.45) is 0 Å². The standard InChI is InChI=1S/C18H18O9/c1-4-9-22-16(19)25-13-7-8-14(26-17(20)23-10-5-2)15(12-13)27-18(21)24-11-6-3/h4-8,12H,1-3,9-11H2. The molecule has 0 aliphatic rings. The average molecular weight is 378 g/mol. The van der Waals surface area contributed by atoms with Crippen LogP contribution in [0.4, 0.5) is 14.4 Å². The van der Waals surface area contributed by atoms with Crippen molar-refractivity contribution in [3.8, 4) is 17.2 Å². The van der Waals surface area contributed by atoms with Gasteiger partial charge in [0.05, 0.1) is 0 Å². The molecule has 27 heavy (non-hydrogen) atoms. The Kier molecular flexibility index (Phi) is 9.26. The molecule has 0 aliphatic carbocycles. The predicted molar refractivity (Wildman–Crippen MR) is 93.0 cm³/mol. The van der Waals surface area contributed by atoms with Crippen LogP contribution in [0.3, 0.4) is 0 Å². The van der Waals surface area contributed by atoms with Crippen molar-refractivity contribution in [2.45, 2.75) is 0 Å². The molecule has 0 unspecified atom stereocenters. The van der Waals surface area contributed by atoms with Crippen molar-refractivity contribution >= 4 is 18.5 Å². The van der Waals surface area contributed by atoms with Crippen molar-refractivity contribution in [2.75, 3.05) is 19.8 Å². The summed E-state index contributed by atoms with van der Waals surface area (Å²) in [7, 11) is 0. The van der Waals surface area contributed by atoms with Gasteiger partial charge in [-0.05, 0) is 12.1 Å². The Hall–Kier alpha value is -3.75. The van der Waals surface area contributed by atoms with Crippen LogP contribution in [-0.4, -0.2) is 38.3 Å². The first-order valence-electron chi connectivity index (χ1n) is 7.50. The van der Waals surface area contributed by atoms with Crippen molar-refractivity contribution in [1.82, 2.24) is 0 Å². The van der Waals surface area contributed by atoms with E-state index in [2.05, 4.69) is 33.9 Å². The summed E-state index contributed by atoms with van der Waals surface area (Å²) in [5, 5.41) is 0. The molecule has 1 aromatic carbocycles. The summed E-state index contributed by atoms with van der Waals surface area (Å²) >= 11 is 0. The molecule has 9 nitrogen and oxygen atoms in total. The molecule has 0 atom stereocenters. The van der Waals surface area contributed by atoms with Crippen LogP contribution >= 0.6 is 0 Å². The summed E-state index contributed by atoms with van der Waals surface area (Å²) in [6.07, 6.45) is 0.882. The Morgan fingerprint density at radius 1 is 0.704 bits per heavy atom. The van der Waals surface area contributed by atoms with Crippen molar-refractivity contribution < 1.29 is 42.8 Å². The van der Waals surface area contributed by atoms with Gasteiger partial charge in [-0.2, -0.15) is 0 Å². The minimum absolute atomic E-state index is 0.0395. The van der Waals surface area contributed by atoms with Gasteiger partial charge in [0.2, 0.25) is 0 Å². The zero-order valence-corrected chi connectivity index (χ0v) is 14.4. The minimum atomic E-state index is -1.09. The number of rotatable bonds is 9. The van der Waals surface area contributed by atoms with Gasteiger partial charge in [0, 0.05) is 6.07 Å². The second-order valence-corrected chi connectivity index (χ2v) is 4.46. The highest BCUT2D eigenvalue weighted by Crippen LogP contribution is 2.32. The molecule has 0 aliphatic heterocycles. The van der Waals surface area contributed by atoms with Crippen LogP contribution in [0.25, 0.3) is 0 Å². The number of hydrogen-bond acceptors (Lipinski definition) is 9. The fourth-order valence-electron chi connectivity index (χ4n) is 1.46. The van der Waals surface area contributed by atoms with E-state index in [1.165, 1.54) is 30.4 Å². The van der Waals surface area contributed by atoms with Crippen LogP contribution in [0.2, 0.25) is 0 Å². The maximum absolute atomic E-state index is 11.6. The smallest absolute Gasteiger partial charge is 0.430 e. The van der Waals surface area contributed by atoms with E-state index < -0.39 is 18.5 Å². The van der Waals surface area contributed by atoms with Crippen LogP contribution in [0.1, 0.15) is 0 Å². The lowest BCUT2D eigenvalue weighted by molar-refractivity contribution is 0.0984. The first-order chi connectivity index (χ1) is 13.0. The molecule has 144 valence electrons. The van der Waals surface area contributed by atoms with Gasteiger partial charge in [-0.1, -0.05) is 38.0 Å². The molecule has 0 heterocycles. The zero-order valence-electron chi connectivity index (χ0n) is 14.4. The van der Waals surface area contributed by atoms with E-state index in [1.54, 1.807) is 0 Å². The molecule has 0 saturated heterocycles. The predicted octanol–water partition coefficient (Wildman–Crippen LogP) is 3.79. The van der Waals surface area contributed by atoms with Gasteiger partial charge in [-0.15, -0.1) is 0 Å². The van der Waals surface area contributed by atoms with Gasteiger partial charge < -0.3 is 28.4 Å². The topological polar surface area (TPSA) is 107 Å². The van der Waals surface area contributed by atoms with E-state index in [0.29, 0.717) is 0 Å². The highest BCUT2D eigenvalue weighted by atomic mass is 16.7. The van der Waals surface area contributed by atoms with Gasteiger partial charge >= 0.3 is 18.5 Å². The number of carbonyl (C=O) groups is 3. The molecule has 0 N–H and O–H groups in total. The van der Waals surface area contributed by atoms with E-state index in [9.17, 15) is 14.4 Å². The largest absolute Gasteiger partial charge is 0.514 e. The van der Waals surface area contributed by atoms with Crippen LogP contribution in [-0.2, 0) is 14.2 Å². The fourth-order valence-corrected chi connectivity index (χ4v) is 1.46. The van der Waals surface area contributed by atoms with Crippen molar-refractivity contribution in [3.05, 3.63) is 56.2 Å². The van der Waals surface area contributed by atoms with Crippen LogP contribution in [0.15, 0.2) is 56.2 Å². The molecule has 0 bridgehead atoms. The lowest BCUT2D eigenvalue weighted by atomic mass is 10.3. The van der Waals surface area contributed by atoms with E-state index in [0.717, 1.165) is 6.07 Å². The number of hydrogen-bond donors (Lipinski definition) is 0. The molecular formula is C18H18O9. The Balaban J connectivity index is 2.95. The summed E-state index contributed by atoms with van der Waals surface area (Å²) in [4.78, 5) is 34.7. The first-order valence-corrected chi connectivity index (χ1v) is 7.50. The fraction of sp³-hybridized carbons (Fsp3) is 0.167. The second kappa shape index (κ2) is 11.7. The molecule has 0 spiro atoms. The van der Waals surface area contributed by atoms with E-state index in [1.807, 2.05) is 0 Å². The third-order valence-electron chi connectivity index (χ3n) is 2.46.